The molecule has 1 heterocycles. The molecule has 2 N–H and O–H groups in total. The van der Waals surface area contributed by atoms with Crippen molar-refractivity contribution in [3.63, 3.8) is 0 Å². The van der Waals surface area contributed by atoms with Gasteiger partial charge in [0.2, 0.25) is 0 Å². The van der Waals surface area contributed by atoms with Crippen LogP contribution >= 0.6 is 0 Å². The second-order valence-electron chi connectivity index (χ2n) is 4.28. The Bertz CT molecular complexity index is 729. The normalized spacial score (nSPS) is 12.3. The van der Waals surface area contributed by atoms with Crippen molar-refractivity contribution in [1.29, 1.82) is 5.41 Å². The molecule has 2 aromatic rings. The Kier molecular flexibility index (Phi) is 4.20. The number of alkyl halides is 3. The van der Waals surface area contributed by atoms with Gasteiger partial charge in [-0.1, -0.05) is 0 Å². The van der Waals surface area contributed by atoms with E-state index in [1.54, 1.807) is 0 Å². The first-order valence-electron chi connectivity index (χ1n) is 5.95. The van der Waals surface area contributed by atoms with Gasteiger partial charge < -0.3 is 10.4 Å². The zero-order chi connectivity index (χ0) is 16.3. The molecule has 0 saturated carbocycles. The number of imidazole rings is 1. The van der Waals surface area contributed by atoms with Crippen LogP contribution in [0.15, 0.2) is 36.5 Å². The number of H-pyrrole nitrogens is 1. The molecule has 1 aromatic carbocycles. The summed E-state index contributed by atoms with van der Waals surface area (Å²) in [5, 5.41) is 7.70. The fourth-order valence-corrected chi connectivity index (χ4v) is 1.67. The van der Waals surface area contributed by atoms with Gasteiger partial charge in [0.25, 0.3) is 0 Å². The highest BCUT2D eigenvalue weighted by molar-refractivity contribution is 6.10. The summed E-state index contributed by atoms with van der Waals surface area (Å²) < 4.78 is 52.1. The third kappa shape index (κ3) is 3.46. The van der Waals surface area contributed by atoms with Crippen LogP contribution in [0.25, 0.3) is 5.57 Å². The molecule has 0 aliphatic rings. The number of nitrogens with one attached hydrogen (secondary N) is 2. The quantitative estimate of drug-likeness (QED) is 0.516. The number of aromatic nitrogens is 2. The summed E-state index contributed by atoms with van der Waals surface area (Å²) in [7, 11) is 0. The number of allylic oxidation sites excluding steroid dienone is 2. The fraction of sp³-hybridized carbons (Fsp3) is 0.0714. The van der Waals surface area contributed by atoms with E-state index in [2.05, 4.69) is 9.97 Å². The van der Waals surface area contributed by atoms with Crippen molar-refractivity contribution in [2.24, 2.45) is 0 Å². The van der Waals surface area contributed by atoms with Crippen molar-refractivity contribution >= 4 is 17.6 Å². The van der Waals surface area contributed by atoms with E-state index in [4.69, 9.17) is 5.41 Å². The Morgan fingerprint density at radius 2 is 1.86 bits per heavy atom. The molecule has 0 bridgehead atoms. The molecule has 0 aliphatic carbocycles. The highest BCUT2D eigenvalue weighted by Gasteiger charge is 2.37. The molecule has 0 aliphatic heterocycles. The largest absolute Gasteiger partial charge is 0.420 e. The summed E-state index contributed by atoms with van der Waals surface area (Å²) in [5.41, 5.74) is -1.66. The maximum absolute atomic E-state index is 13.1. The minimum Gasteiger partial charge on any atom is -0.336 e. The average Bonchev–Trinajstić information content (AvgIpc) is 2.92. The SMILES string of the molecule is N=C(/C=C(\c1ncc(C=O)[nH]1)C(F)(F)F)c1ccc(F)cc1. The first kappa shape index (κ1) is 15.6. The first-order valence-corrected chi connectivity index (χ1v) is 5.95. The van der Waals surface area contributed by atoms with Crippen molar-refractivity contribution in [2.75, 3.05) is 0 Å². The summed E-state index contributed by atoms with van der Waals surface area (Å²) in [5.74, 6) is -1.13. The summed E-state index contributed by atoms with van der Waals surface area (Å²) in [6.07, 6.45) is -2.91. The molecule has 0 radical (unpaired) electrons. The van der Waals surface area contributed by atoms with Crippen LogP contribution in [-0.2, 0) is 0 Å². The van der Waals surface area contributed by atoms with Crippen LogP contribution in [-0.4, -0.2) is 28.1 Å². The maximum atomic E-state index is 13.1. The lowest BCUT2D eigenvalue weighted by Crippen LogP contribution is -2.14. The molecule has 0 saturated heterocycles. The Balaban J connectivity index is 2.42. The third-order valence-corrected chi connectivity index (χ3v) is 2.73. The van der Waals surface area contributed by atoms with Crippen molar-refractivity contribution in [1.82, 2.24) is 9.97 Å². The molecule has 114 valence electrons. The summed E-state index contributed by atoms with van der Waals surface area (Å²) in [6, 6.07) is 4.48. The van der Waals surface area contributed by atoms with Gasteiger partial charge in [-0.25, -0.2) is 9.37 Å². The van der Waals surface area contributed by atoms with Crippen LogP contribution < -0.4 is 0 Å². The number of benzene rings is 1. The number of hydrogen-bond donors (Lipinski definition) is 2. The number of carbonyl (C=O) groups is 1. The van der Waals surface area contributed by atoms with Crippen molar-refractivity contribution in [3.05, 3.63) is 59.4 Å². The molecule has 0 amide bonds. The van der Waals surface area contributed by atoms with E-state index >= 15 is 0 Å². The second kappa shape index (κ2) is 5.92. The molecular weight excluding hydrogens is 302 g/mol. The number of nitrogens with zero attached hydrogens (tertiary/aromatic N) is 1. The lowest BCUT2D eigenvalue weighted by Gasteiger charge is -2.10. The van der Waals surface area contributed by atoms with Crippen molar-refractivity contribution < 1.29 is 22.4 Å². The van der Waals surface area contributed by atoms with Gasteiger partial charge in [-0.15, -0.1) is 0 Å². The van der Waals surface area contributed by atoms with E-state index in [1.807, 2.05) is 0 Å². The lowest BCUT2D eigenvalue weighted by atomic mass is 10.1. The molecule has 8 heteroatoms. The van der Waals surface area contributed by atoms with E-state index in [1.165, 1.54) is 12.1 Å². The van der Waals surface area contributed by atoms with Crippen LogP contribution in [0.5, 0.6) is 0 Å². The van der Waals surface area contributed by atoms with Crippen molar-refractivity contribution in [2.45, 2.75) is 6.18 Å². The molecule has 0 spiro atoms. The predicted molar refractivity (Wildman–Crippen MR) is 71.2 cm³/mol. The van der Waals surface area contributed by atoms with Gasteiger partial charge in [0.05, 0.1) is 17.6 Å². The second-order valence-corrected chi connectivity index (χ2v) is 4.28. The molecule has 0 atom stereocenters. The molecule has 4 nitrogen and oxygen atoms in total. The molecule has 0 fully saturated rings. The Morgan fingerprint density at radius 1 is 1.23 bits per heavy atom. The number of rotatable bonds is 4. The van der Waals surface area contributed by atoms with Crippen LogP contribution in [0.4, 0.5) is 17.6 Å². The number of aldehydes is 1. The average molecular weight is 311 g/mol. The topological polar surface area (TPSA) is 69.6 Å². The maximum Gasteiger partial charge on any atom is 0.420 e. The van der Waals surface area contributed by atoms with Crippen molar-refractivity contribution in [3.8, 4) is 0 Å². The highest BCUT2D eigenvalue weighted by Crippen LogP contribution is 2.32. The summed E-state index contributed by atoms with van der Waals surface area (Å²) in [4.78, 5) is 16.2. The third-order valence-electron chi connectivity index (χ3n) is 2.73. The van der Waals surface area contributed by atoms with E-state index in [-0.39, 0.29) is 11.3 Å². The van der Waals surface area contributed by atoms with Crippen LogP contribution in [0, 0.1) is 11.2 Å². The lowest BCUT2D eigenvalue weighted by molar-refractivity contribution is -0.0693. The zero-order valence-corrected chi connectivity index (χ0v) is 10.9. The van der Waals surface area contributed by atoms with Gasteiger partial charge in [0.15, 0.2) is 6.29 Å². The Hall–Kier alpha value is -2.77. The van der Waals surface area contributed by atoms with Gasteiger partial charge in [-0.3, -0.25) is 4.79 Å². The number of carbonyl (C=O) groups excluding carboxylic acids is 1. The first-order chi connectivity index (χ1) is 10.3. The van der Waals surface area contributed by atoms with E-state index in [9.17, 15) is 22.4 Å². The standard InChI is InChI=1S/C14H9F4N3O/c15-9-3-1-8(2-4-9)12(19)5-11(14(16,17)18)13-20-6-10(7-22)21-13/h1-7,19H,(H,20,21)/b11-5+,19-12?. The van der Waals surface area contributed by atoms with E-state index < -0.39 is 29.1 Å². The summed E-state index contributed by atoms with van der Waals surface area (Å²) >= 11 is 0. The Morgan fingerprint density at radius 3 is 2.36 bits per heavy atom. The zero-order valence-electron chi connectivity index (χ0n) is 10.9. The fourth-order valence-electron chi connectivity index (χ4n) is 1.67. The number of hydrogen-bond acceptors (Lipinski definition) is 3. The van der Waals surface area contributed by atoms with E-state index in [0.717, 1.165) is 18.3 Å². The predicted octanol–water partition coefficient (Wildman–Crippen LogP) is 3.38. The van der Waals surface area contributed by atoms with Gasteiger partial charge in [0.1, 0.15) is 17.2 Å². The van der Waals surface area contributed by atoms with Crippen LogP contribution in [0.2, 0.25) is 0 Å². The number of aromatic amines is 1. The van der Waals surface area contributed by atoms with Gasteiger partial charge in [-0.2, -0.15) is 13.2 Å². The number of halogens is 4. The van der Waals surface area contributed by atoms with Gasteiger partial charge in [0, 0.05) is 0 Å². The summed E-state index contributed by atoms with van der Waals surface area (Å²) in [6.45, 7) is 0. The van der Waals surface area contributed by atoms with E-state index in [0.29, 0.717) is 12.4 Å². The molecular formula is C14H9F4N3O. The monoisotopic (exact) mass is 311 g/mol. The van der Waals surface area contributed by atoms with Crippen LogP contribution in [0.3, 0.4) is 0 Å². The molecule has 2 rings (SSSR count). The Labute approximate surface area is 122 Å². The van der Waals surface area contributed by atoms with Gasteiger partial charge >= 0.3 is 6.18 Å². The smallest absolute Gasteiger partial charge is 0.336 e. The van der Waals surface area contributed by atoms with Crippen LogP contribution in [0.1, 0.15) is 21.9 Å². The molecule has 1 aromatic heterocycles. The minimum absolute atomic E-state index is 0.113. The van der Waals surface area contributed by atoms with Gasteiger partial charge in [-0.05, 0) is 35.9 Å². The minimum atomic E-state index is -4.77. The highest BCUT2D eigenvalue weighted by atomic mass is 19.4. The molecule has 22 heavy (non-hydrogen) atoms. The molecule has 0 unspecified atom stereocenters.